The van der Waals surface area contributed by atoms with E-state index in [1.165, 1.54) is 37.9 Å². The van der Waals surface area contributed by atoms with Crippen LogP contribution < -0.4 is 9.46 Å². The molecule has 1 unspecified atom stereocenters. The number of amidine groups is 1. The van der Waals surface area contributed by atoms with Crippen molar-refractivity contribution in [3.63, 3.8) is 0 Å². The number of nitrogens with zero attached hydrogens (tertiary/aromatic N) is 1. The molecule has 172 valence electrons. The van der Waals surface area contributed by atoms with Crippen LogP contribution >= 0.6 is 23.7 Å². The molecule has 0 aromatic heterocycles. The third-order valence-corrected chi connectivity index (χ3v) is 7.18. The van der Waals surface area contributed by atoms with Gasteiger partial charge in [0.2, 0.25) is 0 Å². The lowest BCUT2D eigenvalue weighted by molar-refractivity contribution is -0.152. The van der Waals surface area contributed by atoms with Gasteiger partial charge in [-0.1, -0.05) is 12.1 Å². The van der Waals surface area contributed by atoms with Crippen LogP contribution in [0.1, 0.15) is 37.5 Å². The van der Waals surface area contributed by atoms with Crippen LogP contribution in [-0.4, -0.2) is 33.1 Å². The Balaban J connectivity index is 1.66. The molecule has 0 spiro atoms. The van der Waals surface area contributed by atoms with E-state index in [1.54, 1.807) is 17.8 Å². The third kappa shape index (κ3) is 5.72. The van der Waals surface area contributed by atoms with E-state index in [4.69, 9.17) is 4.74 Å². The Morgan fingerprint density at radius 3 is 2.44 bits per heavy atom. The van der Waals surface area contributed by atoms with E-state index in [0.29, 0.717) is 22.9 Å². The number of carbonyl (C=O) groups is 1. The van der Waals surface area contributed by atoms with Gasteiger partial charge >= 0.3 is 12.1 Å². The molecule has 5 nitrogen and oxygen atoms in total. The summed E-state index contributed by atoms with van der Waals surface area (Å²) in [6, 6.07) is 10.5. The molecule has 1 heterocycles. The number of nitrogens with one attached hydrogen (secondary N) is 1. The maximum atomic E-state index is 12.8. The Kier molecular flexibility index (Phi) is 6.76. The summed E-state index contributed by atoms with van der Waals surface area (Å²) >= 11 is 2.99. The number of benzene rings is 2. The molecule has 0 amide bonds. The lowest BCUT2D eigenvalue weighted by Crippen LogP contribution is -2.38. The number of hydrogen-bond acceptors (Lipinski definition) is 6. The average Bonchev–Trinajstić information content (AvgIpc) is 3.10. The molecule has 0 bridgehead atoms. The molecule has 2 N–H and O–H groups in total. The molecule has 2 aromatic carbocycles. The fourth-order valence-electron chi connectivity index (χ4n) is 2.80. The first-order valence-electron chi connectivity index (χ1n) is 9.66. The van der Waals surface area contributed by atoms with Gasteiger partial charge in [-0.2, -0.15) is 13.2 Å². The fourth-order valence-corrected chi connectivity index (χ4v) is 4.76. The van der Waals surface area contributed by atoms with Crippen molar-refractivity contribution in [1.29, 1.82) is 0 Å². The number of rotatable bonds is 7. The van der Waals surface area contributed by atoms with Gasteiger partial charge in [-0.25, -0.2) is 9.79 Å². The van der Waals surface area contributed by atoms with Gasteiger partial charge in [0.1, 0.15) is 16.5 Å². The number of carboxylic acid groups (broad SMARTS) is 1. The van der Waals surface area contributed by atoms with Crippen LogP contribution in [0.2, 0.25) is 0 Å². The van der Waals surface area contributed by atoms with E-state index in [-0.39, 0.29) is 0 Å². The molecule has 0 saturated heterocycles. The van der Waals surface area contributed by atoms with E-state index in [9.17, 15) is 23.1 Å². The Hall–Kier alpha value is -2.33. The summed E-state index contributed by atoms with van der Waals surface area (Å²) < 4.78 is 47.0. The van der Waals surface area contributed by atoms with Crippen LogP contribution in [0.15, 0.2) is 52.4 Å². The van der Waals surface area contributed by atoms with Crippen LogP contribution in [0, 0.1) is 6.92 Å². The third-order valence-electron chi connectivity index (χ3n) is 4.73. The van der Waals surface area contributed by atoms with Gasteiger partial charge in [0.25, 0.3) is 0 Å². The number of aryl methyl sites for hydroxylation is 1. The zero-order valence-corrected chi connectivity index (χ0v) is 19.5. The molecule has 32 heavy (non-hydrogen) atoms. The summed E-state index contributed by atoms with van der Waals surface area (Å²) in [5.74, 6) is 0.626. The number of hydrogen-bond donors (Lipinski definition) is 2. The summed E-state index contributed by atoms with van der Waals surface area (Å²) in [6.45, 7) is 6.80. The van der Waals surface area contributed by atoms with Gasteiger partial charge in [0.15, 0.2) is 5.60 Å². The van der Waals surface area contributed by atoms with Crippen LogP contribution in [0.4, 0.5) is 13.2 Å². The molecule has 0 radical (unpaired) electrons. The first kappa shape index (κ1) is 24.3. The molecule has 1 atom stereocenters. The molecule has 2 aromatic rings. The van der Waals surface area contributed by atoms with Crippen LogP contribution in [0.25, 0.3) is 0 Å². The van der Waals surface area contributed by atoms with Crippen LogP contribution in [-0.2, 0) is 11.0 Å². The van der Waals surface area contributed by atoms with Crippen molar-refractivity contribution in [3.05, 3.63) is 59.2 Å². The summed E-state index contributed by atoms with van der Waals surface area (Å²) in [5.41, 5.74) is -0.610. The van der Waals surface area contributed by atoms with Gasteiger partial charge in [-0.05, 0) is 75.5 Å². The number of aliphatic imine (C=N–C) groups is 1. The lowest BCUT2D eigenvalue weighted by atomic mass is 10.1. The first-order valence-corrected chi connectivity index (χ1v) is 11.5. The predicted molar refractivity (Wildman–Crippen MR) is 121 cm³/mol. The van der Waals surface area contributed by atoms with Crippen LogP contribution in [0.5, 0.6) is 5.75 Å². The van der Waals surface area contributed by atoms with Gasteiger partial charge in [-0.3, -0.25) is 0 Å². The number of thioether (sulfide) groups is 1. The zero-order chi connectivity index (χ0) is 23.7. The van der Waals surface area contributed by atoms with Crippen molar-refractivity contribution in [2.45, 2.75) is 49.2 Å². The van der Waals surface area contributed by atoms with Crippen molar-refractivity contribution < 1.29 is 27.8 Å². The zero-order valence-electron chi connectivity index (χ0n) is 17.9. The van der Waals surface area contributed by atoms with Crippen molar-refractivity contribution in [2.24, 2.45) is 4.99 Å². The average molecular weight is 485 g/mol. The minimum Gasteiger partial charge on any atom is -0.478 e. The predicted octanol–water partition coefficient (Wildman–Crippen LogP) is 5.76. The molecular formula is C22H23F3N2O3S2. The number of aliphatic carboxylic acids is 1. The molecule has 1 aliphatic heterocycles. The Morgan fingerprint density at radius 2 is 1.88 bits per heavy atom. The molecule has 0 saturated carbocycles. The second-order valence-electron chi connectivity index (χ2n) is 8.05. The van der Waals surface area contributed by atoms with Crippen molar-refractivity contribution in [3.8, 4) is 5.75 Å². The van der Waals surface area contributed by atoms with E-state index in [0.717, 1.165) is 22.6 Å². The van der Waals surface area contributed by atoms with Crippen molar-refractivity contribution in [2.75, 3.05) is 5.75 Å². The number of carboxylic acids is 1. The molecule has 1 aliphatic rings. The lowest BCUT2D eigenvalue weighted by Gasteiger charge is -2.23. The molecule has 3 rings (SSSR count). The normalized spacial score (nSPS) is 18.8. The largest absolute Gasteiger partial charge is 0.478 e. The highest BCUT2D eigenvalue weighted by Crippen LogP contribution is 2.37. The number of ether oxygens (including phenoxy) is 1. The Bertz CT molecular complexity index is 1040. The highest BCUT2D eigenvalue weighted by molar-refractivity contribution is 8.03. The van der Waals surface area contributed by atoms with Gasteiger partial charge in [0, 0.05) is 16.2 Å². The van der Waals surface area contributed by atoms with E-state index < -0.39 is 28.2 Å². The fraction of sp³-hybridized carbons (Fsp3) is 0.364. The molecule has 0 aliphatic carbocycles. The van der Waals surface area contributed by atoms with E-state index in [1.807, 2.05) is 26.0 Å². The van der Waals surface area contributed by atoms with E-state index >= 15 is 0 Å². The number of halogens is 3. The first-order chi connectivity index (χ1) is 14.8. The summed E-state index contributed by atoms with van der Waals surface area (Å²) in [5, 5.41) is 9.24. The second kappa shape index (κ2) is 8.90. The minimum atomic E-state index is -4.37. The van der Waals surface area contributed by atoms with Crippen LogP contribution in [0.3, 0.4) is 0 Å². The second-order valence-corrected chi connectivity index (χ2v) is 10.4. The highest BCUT2D eigenvalue weighted by atomic mass is 32.2. The standard InChI is InChI=1S/C22H23F3N2O3S2/c1-13-11-16(9-10-17(13)30-20(2,3)19(28)29)31-12-21(4)26-18(27-32-21)14-5-7-15(8-6-14)22(23,24)25/h5-11H,12H2,1-4H3,(H,26,27)(H,28,29). The molecule has 0 fully saturated rings. The number of alkyl halides is 3. The molecule has 10 heteroatoms. The maximum Gasteiger partial charge on any atom is 0.416 e. The summed E-state index contributed by atoms with van der Waals surface area (Å²) in [4.78, 5) is 16.4. The topological polar surface area (TPSA) is 70.9 Å². The monoisotopic (exact) mass is 484 g/mol. The summed E-state index contributed by atoms with van der Waals surface area (Å²) in [7, 11) is 0. The minimum absolute atomic E-state index is 0.503. The van der Waals surface area contributed by atoms with Crippen molar-refractivity contribution >= 4 is 35.5 Å². The Labute approximate surface area is 193 Å². The van der Waals surface area contributed by atoms with Crippen molar-refractivity contribution in [1.82, 2.24) is 4.72 Å². The van der Waals surface area contributed by atoms with Gasteiger partial charge in [0.05, 0.1) is 5.56 Å². The van der Waals surface area contributed by atoms with E-state index in [2.05, 4.69) is 9.71 Å². The SMILES string of the molecule is Cc1cc(SCC2(C)N=C(c3ccc(C(F)(F)F)cc3)NS2)ccc1OC(C)(C)C(=O)O. The Morgan fingerprint density at radius 1 is 1.22 bits per heavy atom. The highest BCUT2D eigenvalue weighted by Gasteiger charge is 2.34. The smallest absolute Gasteiger partial charge is 0.416 e. The molecular weight excluding hydrogens is 461 g/mol. The van der Waals surface area contributed by atoms with Gasteiger partial charge < -0.3 is 14.6 Å². The van der Waals surface area contributed by atoms with Gasteiger partial charge in [-0.15, -0.1) is 11.8 Å². The quantitative estimate of drug-likeness (QED) is 0.385. The maximum absolute atomic E-state index is 12.8. The summed E-state index contributed by atoms with van der Waals surface area (Å²) in [6.07, 6.45) is -4.37.